The predicted octanol–water partition coefficient (Wildman–Crippen LogP) is 4.64. The van der Waals surface area contributed by atoms with E-state index in [-0.39, 0.29) is 35.7 Å². The summed E-state index contributed by atoms with van der Waals surface area (Å²) in [6, 6.07) is 21.6. The number of rotatable bonds is 9. The van der Waals surface area contributed by atoms with Crippen LogP contribution in [0.5, 0.6) is 0 Å². The minimum atomic E-state index is -0.184. The van der Waals surface area contributed by atoms with Crippen molar-refractivity contribution in [1.82, 2.24) is 20.2 Å². The van der Waals surface area contributed by atoms with E-state index in [1.165, 1.54) is 11.8 Å². The highest BCUT2D eigenvalue weighted by atomic mass is 35.5. The van der Waals surface area contributed by atoms with Crippen LogP contribution < -0.4 is 16.2 Å². The molecule has 1 heterocycles. The van der Waals surface area contributed by atoms with Crippen LogP contribution in [0.4, 0.5) is 0 Å². The van der Waals surface area contributed by atoms with Crippen molar-refractivity contribution in [1.29, 1.82) is 0 Å². The zero-order valence-electron chi connectivity index (χ0n) is 20.5. The van der Waals surface area contributed by atoms with Crippen LogP contribution in [0.3, 0.4) is 0 Å². The Balaban J connectivity index is 1.52. The van der Waals surface area contributed by atoms with Crippen LogP contribution in [0.15, 0.2) is 82.7 Å². The van der Waals surface area contributed by atoms with Crippen molar-refractivity contribution in [2.45, 2.75) is 38.1 Å². The molecule has 2 amide bonds. The lowest BCUT2D eigenvalue weighted by Crippen LogP contribution is -2.30. The summed E-state index contributed by atoms with van der Waals surface area (Å²) in [5.41, 5.74) is 2.72. The number of amides is 2. The van der Waals surface area contributed by atoms with Gasteiger partial charge in [0.1, 0.15) is 0 Å². The highest BCUT2D eigenvalue weighted by Crippen LogP contribution is 2.19. The molecule has 4 rings (SSSR count). The van der Waals surface area contributed by atoms with E-state index >= 15 is 0 Å². The van der Waals surface area contributed by atoms with Crippen molar-refractivity contribution < 1.29 is 9.59 Å². The molecule has 0 aliphatic rings. The van der Waals surface area contributed by atoms with Crippen molar-refractivity contribution in [3.8, 4) is 0 Å². The standard InChI is InChI=1S/C28H27ClN4O3S/c1-18(2)31-26(35)21-11-7-20(8-12-21)16-33-27(36)23-5-3-4-6-24(23)32-28(33)37-17-25(34)30-15-19-9-13-22(29)14-10-19/h3-14,18H,15-17H2,1-2H3,(H,30,34)(H,31,35). The molecule has 9 heteroatoms. The second-order valence-corrected chi connectivity index (χ2v) is 10.2. The van der Waals surface area contributed by atoms with Crippen molar-refractivity contribution >= 4 is 46.1 Å². The highest BCUT2D eigenvalue weighted by Gasteiger charge is 2.14. The molecule has 1 aromatic heterocycles. The third kappa shape index (κ3) is 6.99. The fourth-order valence-corrected chi connectivity index (χ4v) is 4.63. The minimum absolute atomic E-state index is 0.0393. The third-order valence-electron chi connectivity index (χ3n) is 5.54. The van der Waals surface area contributed by atoms with Gasteiger partial charge in [0.2, 0.25) is 5.91 Å². The third-order valence-corrected chi connectivity index (χ3v) is 6.77. The van der Waals surface area contributed by atoms with E-state index in [1.54, 1.807) is 47.0 Å². The molecule has 0 bridgehead atoms. The quantitative estimate of drug-likeness (QED) is 0.241. The molecule has 0 saturated heterocycles. The van der Waals surface area contributed by atoms with Crippen molar-refractivity contribution in [2.75, 3.05) is 5.75 Å². The van der Waals surface area contributed by atoms with Gasteiger partial charge in [0, 0.05) is 23.2 Å². The van der Waals surface area contributed by atoms with Gasteiger partial charge in [-0.3, -0.25) is 19.0 Å². The molecule has 7 nitrogen and oxygen atoms in total. The SMILES string of the molecule is CC(C)NC(=O)c1ccc(Cn2c(SCC(=O)NCc3ccc(Cl)cc3)nc3ccccc3c2=O)cc1. The number of carbonyl (C=O) groups excluding carboxylic acids is 2. The first-order valence-corrected chi connectivity index (χ1v) is 13.2. The Labute approximate surface area is 224 Å². The largest absolute Gasteiger partial charge is 0.351 e. The molecule has 0 aliphatic carbocycles. The predicted molar refractivity (Wildman–Crippen MR) is 148 cm³/mol. The summed E-state index contributed by atoms with van der Waals surface area (Å²) in [6.07, 6.45) is 0. The van der Waals surface area contributed by atoms with Gasteiger partial charge < -0.3 is 10.6 Å². The summed E-state index contributed by atoms with van der Waals surface area (Å²) in [6.45, 7) is 4.45. The number of para-hydroxylation sites is 1. The molecule has 190 valence electrons. The second kappa shape index (κ2) is 12.1. The Morgan fingerprint density at radius 1 is 0.973 bits per heavy atom. The first-order valence-electron chi connectivity index (χ1n) is 11.8. The molecule has 0 spiro atoms. The number of thioether (sulfide) groups is 1. The normalized spacial score (nSPS) is 11.0. The van der Waals surface area contributed by atoms with Crippen LogP contribution in [0.25, 0.3) is 10.9 Å². The summed E-state index contributed by atoms with van der Waals surface area (Å²) in [4.78, 5) is 42.8. The fourth-order valence-electron chi connectivity index (χ4n) is 3.67. The maximum absolute atomic E-state index is 13.4. The second-order valence-electron chi connectivity index (χ2n) is 8.82. The Morgan fingerprint density at radius 3 is 2.35 bits per heavy atom. The lowest BCUT2D eigenvalue weighted by atomic mass is 10.1. The van der Waals surface area contributed by atoms with Gasteiger partial charge in [-0.05, 0) is 61.4 Å². The molecular formula is C28H27ClN4O3S. The number of hydrogen-bond donors (Lipinski definition) is 2. The summed E-state index contributed by atoms with van der Waals surface area (Å²) in [5.74, 6) is -0.214. The first-order chi connectivity index (χ1) is 17.8. The molecule has 4 aromatic rings. The van der Waals surface area contributed by atoms with Crippen molar-refractivity contribution in [2.24, 2.45) is 0 Å². The van der Waals surface area contributed by atoms with Crippen molar-refractivity contribution in [3.05, 3.63) is 105 Å². The maximum atomic E-state index is 13.4. The average molecular weight is 535 g/mol. The number of fused-ring (bicyclic) bond motifs is 1. The number of carbonyl (C=O) groups is 2. The Morgan fingerprint density at radius 2 is 1.65 bits per heavy atom. The van der Waals surface area contributed by atoms with Gasteiger partial charge in [-0.2, -0.15) is 0 Å². The first kappa shape index (κ1) is 26.4. The molecule has 3 aromatic carbocycles. The number of halogens is 1. The summed E-state index contributed by atoms with van der Waals surface area (Å²) in [7, 11) is 0. The topological polar surface area (TPSA) is 93.1 Å². The smallest absolute Gasteiger partial charge is 0.262 e. The highest BCUT2D eigenvalue weighted by molar-refractivity contribution is 7.99. The minimum Gasteiger partial charge on any atom is -0.351 e. The fraction of sp³-hybridized carbons (Fsp3) is 0.214. The molecule has 0 saturated carbocycles. The van der Waals surface area contributed by atoms with E-state index in [0.29, 0.717) is 33.2 Å². The van der Waals surface area contributed by atoms with Gasteiger partial charge in [0.05, 0.1) is 23.2 Å². The number of benzene rings is 3. The molecule has 2 N–H and O–H groups in total. The molecule has 0 radical (unpaired) electrons. The van der Waals surface area contributed by atoms with E-state index in [1.807, 2.05) is 44.2 Å². The number of aromatic nitrogens is 2. The van der Waals surface area contributed by atoms with Gasteiger partial charge in [0.15, 0.2) is 5.16 Å². The molecular weight excluding hydrogens is 508 g/mol. The average Bonchev–Trinajstić information content (AvgIpc) is 2.89. The van der Waals surface area contributed by atoms with Crippen molar-refractivity contribution in [3.63, 3.8) is 0 Å². The number of nitrogens with zero attached hydrogens (tertiary/aromatic N) is 2. The molecule has 0 fully saturated rings. The Bertz CT molecular complexity index is 1470. The summed E-state index contributed by atoms with van der Waals surface area (Å²) >= 11 is 7.13. The molecule has 37 heavy (non-hydrogen) atoms. The number of hydrogen-bond acceptors (Lipinski definition) is 5. The zero-order chi connectivity index (χ0) is 26.4. The van der Waals surface area contributed by atoms with Crippen LogP contribution in [-0.4, -0.2) is 33.2 Å². The van der Waals surface area contributed by atoms with E-state index in [0.717, 1.165) is 11.1 Å². The van der Waals surface area contributed by atoms with E-state index in [9.17, 15) is 14.4 Å². The van der Waals surface area contributed by atoms with Gasteiger partial charge in [-0.15, -0.1) is 0 Å². The van der Waals surface area contributed by atoms with E-state index in [4.69, 9.17) is 11.6 Å². The van der Waals surface area contributed by atoms with Gasteiger partial charge in [-0.1, -0.05) is 59.8 Å². The monoisotopic (exact) mass is 534 g/mol. The summed E-state index contributed by atoms with van der Waals surface area (Å²) < 4.78 is 1.57. The molecule has 0 atom stereocenters. The van der Waals surface area contributed by atoms with Crippen LogP contribution >= 0.6 is 23.4 Å². The van der Waals surface area contributed by atoms with Crippen LogP contribution in [0, 0.1) is 0 Å². The van der Waals surface area contributed by atoms with Crippen LogP contribution in [-0.2, 0) is 17.9 Å². The van der Waals surface area contributed by atoms with E-state index < -0.39 is 0 Å². The molecule has 0 aliphatic heterocycles. The zero-order valence-corrected chi connectivity index (χ0v) is 22.1. The van der Waals surface area contributed by atoms with Crippen LogP contribution in [0.1, 0.15) is 35.3 Å². The van der Waals surface area contributed by atoms with Gasteiger partial charge >= 0.3 is 0 Å². The maximum Gasteiger partial charge on any atom is 0.262 e. The van der Waals surface area contributed by atoms with Gasteiger partial charge in [-0.25, -0.2) is 4.98 Å². The lowest BCUT2D eigenvalue weighted by molar-refractivity contribution is -0.118. The Kier molecular flexibility index (Phi) is 8.63. The Hall–Kier alpha value is -3.62. The summed E-state index contributed by atoms with van der Waals surface area (Å²) in [5, 5.41) is 7.35. The molecule has 0 unspecified atom stereocenters. The lowest BCUT2D eigenvalue weighted by Gasteiger charge is -2.14. The van der Waals surface area contributed by atoms with Crippen LogP contribution in [0.2, 0.25) is 5.02 Å². The van der Waals surface area contributed by atoms with E-state index in [2.05, 4.69) is 15.6 Å². The number of nitrogens with one attached hydrogen (secondary N) is 2. The van der Waals surface area contributed by atoms with Gasteiger partial charge in [0.25, 0.3) is 11.5 Å².